The molecule has 2 fully saturated rings. The standard InChI is InChI=1S/C17H22N4O4S/c1-24-16-6-5-15(11-17(16)25-2)26(22,23)20-12-3-4-13(20)10-14(9-12)21-18-7-8-19-21/h5-8,11-14H,3-4,9-10H2,1-2H3. The summed E-state index contributed by atoms with van der Waals surface area (Å²) >= 11 is 0. The minimum Gasteiger partial charge on any atom is -0.493 e. The van der Waals surface area contributed by atoms with Gasteiger partial charge in [0.15, 0.2) is 11.5 Å². The Morgan fingerprint density at radius 3 is 2.15 bits per heavy atom. The lowest BCUT2D eigenvalue weighted by molar-refractivity contribution is 0.174. The molecule has 0 aliphatic carbocycles. The number of nitrogens with zero attached hydrogens (tertiary/aromatic N) is 4. The van der Waals surface area contributed by atoms with E-state index in [1.54, 1.807) is 33.6 Å². The summed E-state index contributed by atoms with van der Waals surface area (Å²) in [5.74, 6) is 0.925. The van der Waals surface area contributed by atoms with Crippen LogP contribution in [0.2, 0.25) is 0 Å². The summed E-state index contributed by atoms with van der Waals surface area (Å²) in [7, 11) is -0.571. The Morgan fingerprint density at radius 1 is 0.962 bits per heavy atom. The Bertz CT molecular complexity index is 870. The third-order valence-electron chi connectivity index (χ3n) is 5.33. The van der Waals surface area contributed by atoms with Crippen molar-refractivity contribution < 1.29 is 17.9 Å². The molecule has 2 atom stereocenters. The molecule has 1 aromatic carbocycles. The number of benzene rings is 1. The highest BCUT2D eigenvalue weighted by atomic mass is 32.2. The Morgan fingerprint density at radius 2 is 1.58 bits per heavy atom. The fourth-order valence-electron chi connectivity index (χ4n) is 4.20. The van der Waals surface area contributed by atoms with Crippen molar-refractivity contribution in [1.82, 2.24) is 19.3 Å². The number of rotatable bonds is 5. The van der Waals surface area contributed by atoms with Gasteiger partial charge in [-0.1, -0.05) is 0 Å². The average molecular weight is 378 g/mol. The van der Waals surface area contributed by atoms with Crippen LogP contribution < -0.4 is 9.47 Å². The summed E-state index contributed by atoms with van der Waals surface area (Å²) in [6, 6.07) is 4.85. The molecule has 2 unspecified atom stereocenters. The van der Waals surface area contributed by atoms with Crippen LogP contribution in [0.15, 0.2) is 35.5 Å². The lowest BCUT2D eigenvalue weighted by Gasteiger charge is -2.37. The molecule has 8 nitrogen and oxygen atoms in total. The Kier molecular flexibility index (Phi) is 4.36. The number of piperidine rings is 1. The molecule has 2 aliphatic heterocycles. The molecule has 2 aromatic rings. The van der Waals surface area contributed by atoms with Crippen LogP contribution in [0.4, 0.5) is 0 Å². The van der Waals surface area contributed by atoms with E-state index in [9.17, 15) is 8.42 Å². The minimum absolute atomic E-state index is 0.0251. The zero-order valence-corrected chi connectivity index (χ0v) is 15.6. The van der Waals surface area contributed by atoms with E-state index in [1.165, 1.54) is 20.3 Å². The van der Waals surface area contributed by atoms with E-state index in [4.69, 9.17) is 9.47 Å². The van der Waals surface area contributed by atoms with Crippen molar-refractivity contribution in [2.75, 3.05) is 14.2 Å². The van der Waals surface area contributed by atoms with Crippen molar-refractivity contribution in [3.05, 3.63) is 30.6 Å². The normalized spacial score (nSPS) is 26.0. The quantitative estimate of drug-likeness (QED) is 0.789. The number of methoxy groups -OCH3 is 2. The largest absolute Gasteiger partial charge is 0.493 e. The second-order valence-electron chi connectivity index (χ2n) is 6.71. The van der Waals surface area contributed by atoms with Gasteiger partial charge in [-0.3, -0.25) is 0 Å². The van der Waals surface area contributed by atoms with Crippen LogP contribution in [0.3, 0.4) is 0 Å². The summed E-state index contributed by atoms with van der Waals surface area (Å²) in [4.78, 5) is 1.95. The first kappa shape index (κ1) is 17.3. The minimum atomic E-state index is -3.60. The van der Waals surface area contributed by atoms with E-state index < -0.39 is 10.0 Å². The topological polar surface area (TPSA) is 86.6 Å². The zero-order valence-electron chi connectivity index (χ0n) is 14.8. The Balaban J connectivity index is 1.63. The van der Waals surface area contributed by atoms with Crippen LogP contribution >= 0.6 is 0 Å². The summed E-state index contributed by atoms with van der Waals surface area (Å²) in [6.45, 7) is 0. The molecule has 2 bridgehead atoms. The summed E-state index contributed by atoms with van der Waals surface area (Å²) in [5.41, 5.74) is 0. The van der Waals surface area contributed by atoms with Gasteiger partial charge < -0.3 is 9.47 Å². The highest BCUT2D eigenvalue weighted by Gasteiger charge is 2.48. The van der Waals surface area contributed by atoms with Gasteiger partial charge in [-0.05, 0) is 37.8 Å². The van der Waals surface area contributed by atoms with Gasteiger partial charge in [-0.15, -0.1) is 0 Å². The van der Waals surface area contributed by atoms with Crippen molar-refractivity contribution in [3.8, 4) is 11.5 Å². The smallest absolute Gasteiger partial charge is 0.243 e. The molecule has 0 amide bonds. The number of hydrogen-bond acceptors (Lipinski definition) is 6. The molecule has 0 spiro atoms. The lowest BCUT2D eigenvalue weighted by Crippen LogP contribution is -2.47. The maximum Gasteiger partial charge on any atom is 0.243 e. The fourth-order valence-corrected chi connectivity index (χ4v) is 6.11. The monoisotopic (exact) mass is 378 g/mol. The molecule has 2 aliphatic rings. The first-order chi connectivity index (χ1) is 12.5. The van der Waals surface area contributed by atoms with E-state index in [0.29, 0.717) is 11.5 Å². The van der Waals surface area contributed by atoms with Crippen LogP contribution in [0.5, 0.6) is 11.5 Å². The molecule has 3 heterocycles. The third-order valence-corrected chi connectivity index (χ3v) is 7.34. The van der Waals surface area contributed by atoms with Gasteiger partial charge in [-0.25, -0.2) is 8.42 Å². The molecule has 4 rings (SSSR count). The van der Waals surface area contributed by atoms with Gasteiger partial charge in [-0.2, -0.15) is 19.3 Å². The molecule has 140 valence electrons. The molecule has 9 heteroatoms. The van der Waals surface area contributed by atoms with Crippen LogP contribution in [0, 0.1) is 0 Å². The highest BCUT2D eigenvalue weighted by Crippen LogP contribution is 2.44. The second-order valence-corrected chi connectivity index (χ2v) is 8.55. The van der Waals surface area contributed by atoms with Gasteiger partial charge in [0.25, 0.3) is 0 Å². The highest BCUT2D eigenvalue weighted by molar-refractivity contribution is 7.89. The Hall–Kier alpha value is -2.13. The maximum atomic E-state index is 13.3. The van der Waals surface area contributed by atoms with Gasteiger partial charge in [0.05, 0.1) is 37.6 Å². The predicted molar refractivity (Wildman–Crippen MR) is 93.7 cm³/mol. The summed E-state index contributed by atoms with van der Waals surface area (Å²) < 4.78 is 38.8. The first-order valence-electron chi connectivity index (χ1n) is 8.66. The maximum absolute atomic E-state index is 13.3. The van der Waals surface area contributed by atoms with E-state index >= 15 is 0 Å². The number of hydrogen-bond donors (Lipinski definition) is 0. The van der Waals surface area contributed by atoms with Crippen molar-refractivity contribution in [2.24, 2.45) is 0 Å². The molecule has 0 radical (unpaired) electrons. The molecule has 0 saturated carbocycles. The van der Waals surface area contributed by atoms with Crippen molar-refractivity contribution >= 4 is 10.0 Å². The van der Waals surface area contributed by atoms with E-state index in [-0.39, 0.29) is 23.0 Å². The third kappa shape index (κ3) is 2.75. The number of aromatic nitrogens is 3. The van der Waals surface area contributed by atoms with Crippen LogP contribution in [0.25, 0.3) is 0 Å². The van der Waals surface area contributed by atoms with Crippen LogP contribution in [-0.2, 0) is 10.0 Å². The zero-order chi connectivity index (χ0) is 18.3. The SMILES string of the molecule is COc1ccc(S(=O)(=O)N2C3CCC2CC(n2nccn2)C3)cc1OC. The van der Waals surface area contributed by atoms with Gasteiger partial charge in [0.2, 0.25) is 10.0 Å². The molecular formula is C17H22N4O4S. The fraction of sp³-hybridized carbons (Fsp3) is 0.529. The van der Waals surface area contributed by atoms with Crippen molar-refractivity contribution in [3.63, 3.8) is 0 Å². The van der Waals surface area contributed by atoms with Crippen molar-refractivity contribution in [1.29, 1.82) is 0 Å². The summed E-state index contributed by atoms with van der Waals surface area (Å²) in [5, 5.41) is 8.46. The van der Waals surface area contributed by atoms with E-state index in [0.717, 1.165) is 25.7 Å². The van der Waals surface area contributed by atoms with E-state index in [1.807, 2.05) is 0 Å². The molecule has 0 N–H and O–H groups in total. The first-order valence-corrected chi connectivity index (χ1v) is 10.1. The second kappa shape index (κ2) is 6.55. The lowest BCUT2D eigenvalue weighted by atomic mass is 10.0. The van der Waals surface area contributed by atoms with Crippen LogP contribution in [0.1, 0.15) is 31.7 Å². The van der Waals surface area contributed by atoms with E-state index in [2.05, 4.69) is 10.2 Å². The molecular weight excluding hydrogens is 356 g/mol. The average Bonchev–Trinajstić information content (AvgIpc) is 3.28. The predicted octanol–water partition coefficient (Wildman–Crippen LogP) is 1.85. The summed E-state index contributed by atoms with van der Waals surface area (Å²) in [6.07, 6.45) is 6.53. The number of sulfonamides is 1. The molecule has 2 saturated heterocycles. The van der Waals surface area contributed by atoms with Gasteiger partial charge in [0.1, 0.15) is 0 Å². The molecule has 26 heavy (non-hydrogen) atoms. The van der Waals surface area contributed by atoms with Gasteiger partial charge in [0, 0.05) is 18.2 Å². The van der Waals surface area contributed by atoms with Crippen molar-refractivity contribution in [2.45, 2.75) is 48.7 Å². The Labute approximate surface area is 152 Å². The molecule has 1 aromatic heterocycles. The number of fused-ring (bicyclic) bond motifs is 2. The number of ether oxygens (including phenoxy) is 2. The van der Waals surface area contributed by atoms with Gasteiger partial charge >= 0.3 is 0 Å². The van der Waals surface area contributed by atoms with Crippen LogP contribution in [-0.4, -0.2) is 54.0 Å².